The Morgan fingerprint density at radius 3 is 2.39 bits per heavy atom. The van der Waals surface area contributed by atoms with E-state index in [2.05, 4.69) is 31.0 Å². The quantitative estimate of drug-likeness (QED) is 0.723. The van der Waals surface area contributed by atoms with Gasteiger partial charge in [-0.3, -0.25) is 5.10 Å². The molecule has 0 radical (unpaired) electrons. The van der Waals surface area contributed by atoms with Gasteiger partial charge in [0.1, 0.15) is 11.6 Å². The minimum absolute atomic E-state index is 0.115. The molecule has 0 amide bonds. The monoisotopic (exact) mass is 245 g/mol. The molecule has 0 aliphatic heterocycles. The summed E-state index contributed by atoms with van der Waals surface area (Å²) in [4.78, 5) is 0. The molecular formula is C14H19N3O. The van der Waals surface area contributed by atoms with Crippen LogP contribution in [0, 0.1) is 6.92 Å². The van der Waals surface area contributed by atoms with Gasteiger partial charge in [0.25, 0.3) is 0 Å². The van der Waals surface area contributed by atoms with E-state index in [0.29, 0.717) is 5.82 Å². The van der Waals surface area contributed by atoms with Crippen LogP contribution >= 0.6 is 0 Å². The molecule has 4 heteroatoms. The Balaban J connectivity index is 2.66. The van der Waals surface area contributed by atoms with Gasteiger partial charge < -0.3 is 10.8 Å². The molecule has 1 aromatic carbocycles. The highest BCUT2D eigenvalue weighted by Crippen LogP contribution is 2.38. The van der Waals surface area contributed by atoms with Crippen LogP contribution in [0.2, 0.25) is 0 Å². The van der Waals surface area contributed by atoms with Gasteiger partial charge >= 0.3 is 0 Å². The molecule has 0 aliphatic rings. The first-order chi connectivity index (χ1) is 8.29. The van der Waals surface area contributed by atoms with Gasteiger partial charge in [0, 0.05) is 17.2 Å². The summed E-state index contributed by atoms with van der Waals surface area (Å²) < 4.78 is 0. The van der Waals surface area contributed by atoms with Crippen LogP contribution in [-0.4, -0.2) is 15.3 Å². The summed E-state index contributed by atoms with van der Waals surface area (Å²) in [6, 6.07) is 5.66. The Hall–Kier alpha value is -1.97. The van der Waals surface area contributed by atoms with Gasteiger partial charge in [-0.05, 0) is 24.0 Å². The van der Waals surface area contributed by atoms with Crippen LogP contribution in [0.4, 0.5) is 5.82 Å². The number of benzene rings is 1. The van der Waals surface area contributed by atoms with Crippen LogP contribution in [-0.2, 0) is 5.41 Å². The second kappa shape index (κ2) is 4.05. The minimum Gasteiger partial charge on any atom is -0.507 e. The number of hydrogen-bond acceptors (Lipinski definition) is 3. The number of aromatic nitrogens is 2. The normalized spacial score (nSPS) is 11.8. The Kier molecular flexibility index (Phi) is 2.81. The van der Waals surface area contributed by atoms with Crippen molar-refractivity contribution in [2.75, 3.05) is 5.73 Å². The van der Waals surface area contributed by atoms with Gasteiger partial charge in [-0.25, -0.2) is 0 Å². The summed E-state index contributed by atoms with van der Waals surface area (Å²) >= 11 is 0. The van der Waals surface area contributed by atoms with Crippen molar-refractivity contribution < 1.29 is 5.11 Å². The largest absolute Gasteiger partial charge is 0.507 e. The van der Waals surface area contributed by atoms with E-state index < -0.39 is 0 Å². The van der Waals surface area contributed by atoms with Gasteiger partial charge in [-0.2, -0.15) is 5.10 Å². The van der Waals surface area contributed by atoms with Gasteiger partial charge in [0.2, 0.25) is 0 Å². The molecule has 0 unspecified atom stereocenters. The molecule has 2 rings (SSSR count). The third-order valence-electron chi connectivity index (χ3n) is 2.95. The molecular weight excluding hydrogens is 226 g/mol. The van der Waals surface area contributed by atoms with Gasteiger partial charge in [0.05, 0.1) is 5.69 Å². The Morgan fingerprint density at radius 2 is 1.89 bits per heavy atom. The lowest BCUT2D eigenvalue weighted by Crippen LogP contribution is -2.12. The Bertz CT molecular complexity index is 579. The molecule has 1 heterocycles. The highest BCUT2D eigenvalue weighted by atomic mass is 16.3. The molecule has 0 aliphatic carbocycles. The summed E-state index contributed by atoms with van der Waals surface area (Å²) in [5.41, 5.74) is 8.98. The average Bonchev–Trinajstić information content (AvgIpc) is 2.66. The number of nitrogen functional groups attached to an aromatic ring is 1. The van der Waals surface area contributed by atoms with Crippen LogP contribution in [0.15, 0.2) is 18.2 Å². The van der Waals surface area contributed by atoms with Crippen molar-refractivity contribution in [1.29, 1.82) is 0 Å². The summed E-state index contributed by atoms with van der Waals surface area (Å²) in [6.45, 7) is 8.24. The zero-order valence-electron chi connectivity index (χ0n) is 11.2. The Labute approximate surface area is 107 Å². The molecule has 4 nitrogen and oxygen atoms in total. The number of phenols is 1. The van der Waals surface area contributed by atoms with E-state index in [0.717, 1.165) is 22.4 Å². The topological polar surface area (TPSA) is 74.9 Å². The molecule has 0 fully saturated rings. The van der Waals surface area contributed by atoms with Crippen molar-refractivity contribution in [3.63, 3.8) is 0 Å². The van der Waals surface area contributed by atoms with Gasteiger partial charge in [-0.1, -0.05) is 26.8 Å². The van der Waals surface area contributed by atoms with Crippen molar-refractivity contribution in [3.05, 3.63) is 29.3 Å². The number of rotatable bonds is 1. The van der Waals surface area contributed by atoms with Crippen molar-refractivity contribution in [1.82, 2.24) is 10.2 Å². The van der Waals surface area contributed by atoms with E-state index in [1.54, 1.807) is 6.07 Å². The standard InChI is InChI=1S/C14H19N3O/c1-8-5-9(11-7-12(15)17-16-11)13(18)10(6-8)14(2,3)4/h5-7,18H,1-4H3,(H3,15,16,17). The number of aromatic hydroxyl groups is 1. The fourth-order valence-corrected chi connectivity index (χ4v) is 2.03. The van der Waals surface area contributed by atoms with Crippen LogP contribution < -0.4 is 5.73 Å². The molecule has 0 spiro atoms. The number of H-pyrrole nitrogens is 1. The fraction of sp³-hybridized carbons (Fsp3) is 0.357. The SMILES string of the molecule is Cc1cc(-c2cc(N)n[nH]2)c(O)c(C(C)(C)C)c1. The maximum Gasteiger partial charge on any atom is 0.145 e. The number of nitrogens with zero attached hydrogens (tertiary/aromatic N) is 1. The molecule has 0 bridgehead atoms. The van der Waals surface area contributed by atoms with Crippen molar-refractivity contribution in [3.8, 4) is 17.0 Å². The maximum absolute atomic E-state index is 10.4. The predicted molar refractivity (Wildman–Crippen MR) is 73.5 cm³/mol. The Morgan fingerprint density at radius 1 is 1.22 bits per heavy atom. The van der Waals surface area contributed by atoms with Crippen molar-refractivity contribution in [2.45, 2.75) is 33.1 Å². The highest BCUT2D eigenvalue weighted by molar-refractivity contribution is 5.72. The number of phenolic OH excluding ortho intramolecular Hbond substituents is 1. The molecule has 96 valence electrons. The van der Waals surface area contributed by atoms with Crippen LogP contribution in [0.3, 0.4) is 0 Å². The number of anilines is 1. The molecule has 4 N–H and O–H groups in total. The maximum atomic E-state index is 10.4. The highest BCUT2D eigenvalue weighted by Gasteiger charge is 2.21. The second-order valence-corrected chi connectivity index (χ2v) is 5.67. The number of aromatic amines is 1. The lowest BCUT2D eigenvalue weighted by atomic mass is 9.84. The lowest BCUT2D eigenvalue weighted by Gasteiger charge is -2.22. The molecule has 1 aromatic heterocycles. The molecule has 18 heavy (non-hydrogen) atoms. The third-order valence-corrected chi connectivity index (χ3v) is 2.95. The van der Waals surface area contributed by atoms with E-state index in [1.165, 1.54) is 0 Å². The first-order valence-corrected chi connectivity index (χ1v) is 5.94. The number of nitrogens with two attached hydrogens (primary N) is 1. The van der Waals surface area contributed by atoms with E-state index in [9.17, 15) is 5.11 Å². The van der Waals surface area contributed by atoms with Gasteiger partial charge in [0.15, 0.2) is 0 Å². The van der Waals surface area contributed by atoms with E-state index in [-0.39, 0.29) is 11.2 Å². The summed E-state index contributed by atoms with van der Waals surface area (Å²) in [5.74, 6) is 0.708. The average molecular weight is 245 g/mol. The molecule has 2 aromatic rings. The van der Waals surface area contributed by atoms with Crippen LogP contribution in [0.1, 0.15) is 31.9 Å². The lowest BCUT2D eigenvalue weighted by molar-refractivity contribution is 0.448. The number of aryl methyl sites for hydroxylation is 1. The first kappa shape index (κ1) is 12.5. The number of hydrogen-bond donors (Lipinski definition) is 3. The second-order valence-electron chi connectivity index (χ2n) is 5.67. The van der Waals surface area contributed by atoms with Crippen molar-refractivity contribution in [2.24, 2.45) is 0 Å². The molecule has 0 atom stereocenters. The zero-order valence-corrected chi connectivity index (χ0v) is 11.2. The number of nitrogens with one attached hydrogen (secondary N) is 1. The predicted octanol–water partition coefficient (Wildman–Crippen LogP) is 2.97. The smallest absolute Gasteiger partial charge is 0.145 e. The summed E-state index contributed by atoms with van der Waals surface area (Å²) in [7, 11) is 0. The van der Waals surface area contributed by atoms with Crippen LogP contribution in [0.25, 0.3) is 11.3 Å². The fourth-order valence-electron chi connectivity index (χ4n) is 2.03. The van der Waals surface area contributed by atoms with Gasteiger partial charge in [-0.15, -0.1) is 0 Å². The van der Waals surface area contributed by atoms with E-state index in [4.69, 9.17) is 5.73 Å². The molecule has 0 saturated carbocycles. The first-order valence-electron chi connectivity index (χ1n) is 5.94. The zero-order chi connectivity index (χ0) is 13.5. The molecule has 0 saturated heterocycles. The minimum atomic E-state index is -0.115. The van der Waals surface area contributed by atoms with E-state index >= 15 is 0 Å². The third kappa shape index (κ3) is 2.18. The summed E-state index contributed by atoms with van der Waals surface area (Å²) in [5, 5.41) is 17.2. The van der Waals surface area contributed by atoms with Crippen molar-refractivity contribution >= 4 is 5.82 Å². The summed E-state index contributed by atoms with van der Waals surface area (Å²) in [6.07, 6.45) is 0. The van der Waals surface area contributed by atoms with Crippen LogP contribution in [0.5, 0.6) is 5.75 Å². The van der Waals surface area contributed by atoms with E-state index in [1.807, 2.05) is 19.1 Å².